The Morgan fingerprint density at radius 1 is 1.28 bits per heavy atom. The molecule has 2 rings (SSSR count). The van der Waals surface area contributed by atoms with Gasteiger partial charge < -0.3 is 16.0 Å². The summed E-state index contributed by atoms with van der Waals surface area (Å²) in [4.78, 5) is 12.7. The van der Waals surface area contributed by atoms with Crippen LogP contribution in [0.4, 0.5) is 10.5 Å². The van der Waals surface area contributed by atoms with E-state index in [1.807, 2.05) is 12.1 Å². The second-order valence-electron chi connectivity index (χ2n) is 4.37. The van der Waals surface area contributed by atoms with Crippen molar-refractivity contribution in [3.8, 4) is 0 Å². The summed E-state index contributed by atoms with van der Waals surface area (Å²) in [6.07, 6.45) is 1.76. The summed E-state index contributed by atoms with van der Waals surface area (Å²) >= 11 is 11.8. The highest BCUT2D eigenvalue weighted by molar-refractivity contribution is 6.42. The number of halogens is 2. The molecule has 1 aromatic rings. The maximum absolute atomic E-state index is 11.0. The molecule has 0 radical (unpaired) electrons. The fourth-order valence-corrected chi connectivity index (χ4v) is 2.36. The van der Waals surface area contributed by atoms with Gasteiger partial charge in [0.15, 0.2) is 0 Å². The Bertz CT molecular complexity index is 445. The number of nitrogens with one attached hydrogen (secondary N) is 1. The molecule has 0 spiro atoms. The molecule has 4 nitrogen and oxygen atoms in total. The monoisotopic (exact) mass is 287 g/mol. The first-order chi connectivity index (χ1) is 8.56. The number of rotatable bonds is 2. The molecule has 0 aromatic heterocycles. The summed E-state index contributed by atoms with van der Waals surface area (Å²) < 4.78 is 0. The van der Waals surface area contributed by atoms with Crippen LogP contribution in [0.5, 0.6) is 0 Å². The molecule has 6 heteroatoms. The summed E-state index contributed by atoms with van der Waals surface area (Å²) in [5, 5.41) is 4.47. The number of piperidine rings is 1. The van der Waals surface area contributed by atoms with Gasteiger partial charge in [0.05, 0.1) is 10.0 Å². The van der Waals surface area contributed by atoms with E-state index in [9.17, 15) is 4.79 Å². The number of likely N-dealkylation sites (tertiary alicyclic amines) is 1. The van der Waals surface area contributed by atoms with Crippen molar-refractivity contribution < 1.29 is 4.79 Å². The minimum Gasteiger partial charge on any atom is -0.382 e. The third-order valence-corrected chi connectivity index (χ3v) is 3.84. The molecule has 0 bridgehead atoms. The average Bonchev–Trinajstić information content (AvgIpc) is 2.34. The van der Waals surface area contributed by atoms with Crippen LogP contribution in [-0.2, 0) is 0 Å². The molecular formula is C12H15Cl2N3O. The maximum Gasteiger partial charge on any atom is 0.314 e. The normalized spacial score (nSPS) is 16.7. The Kier molecular flexibility index (Phi) is 4.19. The van der Waals surface area contributed by atoms with E-state index in [1.165, 1.54) is 0 Å². The predicted molar refractivity (Wildman–Crippen MR) is 74.3 cm³/mol. The van der Waals surface area contributed by atoms with Gasteiger partial charge in [-0.15, -0.1) is 0 Å². The van der Waals surface area contributed by atoms with Gasteiger partial charge in [-0.05, 0) is 31.0 Å². The number of nitrogens with zero attached hydrogens (tertiary/aromatic N) is 1. The summed E-state index contributed by atoms with van der Waals surface area (Å²) in [5.41, 5.74) is 6.18. The molecule has 0 atom stereocenters. The zero-order valence-corrected chi connectivity index (χ0v) is 11.3. The summed E-state index contributed by atoms with van der Waals surface area (Å²) in [5.74, 6) is 0. The second-order valence-corrected chi connectivity index (χ2v) is 5.19. The lowest BCUT2D eigenvalue weighted by atomic mass is 10.0. The fraction of sp³-hybridized carbons (Fsp3) is 0.417. The molecule has 0 aliphatic carbocycles. The van der Waals surface area contributed by atoms with Gasteiger partial charge in [0.25, 0.3) is 0 Å². The van der Waals surface area contributed by atoms with Gasteiger partial charge in [-0.3, -0.25) is 0 Å². The van der Waals surface area contributed by atoms with Crippen LogP contribution in [0, 0.1) is 0 Å². The molecule has 1 aliphatic rings. The SMILES string of the molecule is NC(=O)N1CCC(Nc2ccc(Cl)c(Cl)c2)CC1. The highest BCUT2D eigenvalue weighted by atomic mass is 35.5. The van der Waals surface area contributed by atoms with Crippen molar-refractivity contribution in [2.24, 2.45) is 5.73 Å². The van der Waals surface area contributed by atoms with Crippen LogP contribution in [0.1, 0.15) is 12.8 Å². The Balaban J connectivity index is 1.91. The molecule has 0 unspecified atom stereocenters. The number of primary amides is 1. The average molecular weight is 288 g/mol. The van der Waals surface area contributed by atoms with Crippen molar-refractivity contribution in [2.45, 2.75) is 18.9 Å². The lowest BCUT2D eigenvalue weighted by Gasteiger charge is -2.31. The van der Waals surface area contributed by atoms with E-state index < -0.39 is 0 Å². The first-order valence-corrected chi connectivity index (χ1v) is 6.58. The standard InChI is InChI=1S/C12H15Cl2N3O/c13-10-2-1-9(7-11(10)14)16-8-3-5-17(6-4-8)12(15)18/h1-2,7-8,16H,3-6H2,(H2,15,18). The number of amides is 2. The van der Waals surface area contributed by atoms with Crippen LogP contribution in [0.3, 0.4) is 0 Å². The zero-order chi connectivity index (χ0) is 13.1. The smallest absolute Gasteiger partial charge is 0.314 e. The first-order valence-electron chi connectivity index (χ1n) is 5.82. The van der Waals surface area contributed by atoms with Crippen LogP contribution in [0.2, 0.25) is 10.0 Å². The molecular weight excluding hydrogens is 273 g/mol. The van der Waals surface area contributed by atoms with E-state index in [-0.39, 0.29) is 6.03 Å². The van der Waals surface area contributed by atoms with Crippen molar-refractivity contribution in [1.29, 1.82) is 0 Å². The lowest BCUT2D eigenvalue weighted by Crippen LogP contribution is -2.44. The molecule has 98 valence electrons. The van der Waals surface area contributed by atoms with Crippen LogP contribution in [0.25, 0.3) is 0 Å². The Labute approximate surface area is 116 Å². The number of carbonyl (C=O) groups is 1. The number of carbonyl (C=O) groups excluding carboxylic acids is 1. The van der Waals surface area contributed by atoms with E-state index in [0.29, 0.717) is 29.2 Å². The summed E-state index contributed by atoms with van der Waals surface area (Å²) in [6, 6.07) is 5.46. The quantitative estimate of drug-likeness (QED) is 0.879. The van der Waals surface area contributed by atoms with Crippen molar-refractivity contribution in [3.05, 3.63) is 28.2 Å². The van der Waals surface area contributed by atoms with E-state index in [0.717, 1.165) is 18.5 Å². The van der Waals surface area contributed by atoms with Crippen molar-refractivity contribution in [2.75, 3.05) is 18.4 Å². The summed E-state index contributed by atoms with van der Waals surface area (Å²) in [6.45, 7) is 1.38. The third-order valence-electron chi connectivity index (χ3n) is 3.10. The van der Waals surface area contributed by atoms with Gasteiger partial charge in [-0.1, -0.05) is 23.2 Å². The number of benzene rings is 1. The van der Waals surface area contributed by atoms with Crippen LogP contribution < -0.4 is 11.1 Å². The molecule has 1 aromatic carbocycles. The molecule has 1 heterocycles. The number of anilines is 1. The highest BCUT2D eigenvalue weighted by Gasteiger charge is 2.20. The van der Waals surface area contributed by atoms with Crippen molar-refractivity contribution >= 4 is 34.9 Å². The van der Waals surface area contributed by atoms with Gasteiger partial charge in [0, 0.05) is 24.8 Å². The lowest BCUT2D eigenvalue weighted by molar-refractivity contribution is 0.193. The topological polar surface area (TPSA) is 58.4 Å². The van der Waals surface area contributed by atoms with Crippen molar-refractivity contribution in [3.63, 3.8) is 0 Å². The predicted octanol–water partition coefficient (Wildman–Crippen LogP) is 2.95. The van der Waals surface area contributed by atoms with Crippen LogP contribution in [-0.4, -0.2) is 30.1 Å². The first kappa shape index (κ1) is 13.3. The zero-order valence-electron chi connectivity index (χ0n) is 9.83. The second kappa shape index (κ2) is 5.67. The third kappa shape index (κ3) is 3.21. The van der Waals surface area contributed by atoms with E-state index >= 15 is 0 Å². The number of hydrogen-bond donors (Lipinski definition) is 2. The fourth-order valence-electron chi connectivity index (χ4n) is 2.07. The van der Waals surface area contributed by atoms with Crippen molar-refractivity contribution in [1.82, 2.24) is 4.90 Å². The molecule has 1 saturated heterocycles. The number of nitrogens with two attached hydrogens (primary N) is 1. The largest absolute Gasteiger partial charge is 0.382 e. The Hall–Kier alpha value is -1.13. The molecule has 3 N–H and O–H groups in total. The molecule has 1 fully saturated rings. The minimum atomic E-state index is -0.344. The number of urea groups is 1. The Morgan fingerprint density at radius 2 is 1.94 bits per heavy atom. The van der Waals surface area contributed by atoms with Gasteiger partial charge in [-0.2, -0.15) is 0 Å². The molecule has 1 aliphatic heterocycles. The van der Waals surface area contributed by atoms with E-state index in [4.69, 9.17) is 28.9 Å². The molecule has 18 heavy (non-hydrogen) atoms. The van der Waals surface area contributed by atoms with Gasteiger partial charge in [0.1, 0.15) is 0 Å². The maximum atomic E-state index is 11.0. The Morgan fingerprint density at radius 3 is 2.50 bits per heavy atom. The molecule has 2 amide bonds. The van der Waals surface area contributed by atoms with Gasteiger partial charge in [0.2, 0.25) is 0 Å². The summed E-state index contributed by atoms with van der Waals surface area (Å²) in [7, 11) is 0. The highest BCUT2D eigenvalue weighted by Crippen LogP contribution is 2.26. The van der Waals surface area contributed by atoms with E-state index in [1.54, 1.807) is 11.0 Å². The van der Waals surface area contributed by atoms with Crippen LogP contribution in [0.15, 0.2) is 18.2 Å². The van der Waals surface area contributed by atoms with E-state index in [2.05, 4.69) is 5.32 Å². The van der Waals surface area contributed by atoms with Crippen LogP contribution >= 0.6 is 23.2 Å². The number of hydrogen-bond acceptors (Lipinski definition) is 2. The van der Waals surface area contributed by atoms with Gasteiger partial charge >= 0.3 is 6.03 Å². The van der Waals surface area contributed by atoms with Gasteiger partial charge in [-0.25, -0.2) is 4.79 Å². The minimum absolute atomic E-state index is 0.331. The molecule has 0 saturated carbocycles.